The zero-order valence-electron chi connectivity index (χ0n) is 17.6. The Bertz CT molecular complexity index is 1140. The highest BCUT2D eigenvalue weighted by atomic mass is 16.5. The minimum Gasteiger partial charge on any atom is -0.504 e. The van der Waals surface area contributed by atoms with Crippen LogP contribution in [0, 0.1) is 0 Å². The van der Waals surface area contributed by atoms with Gasteiger partial charge in [0.1, 0.15) is 6.04 Å². The van der Waals surface area contributed by atoms with E-state index in [9.17, 15) is 9.90 Å². The maximum atomic E-state index is 12.9. The van der Waals surface area contributed by atoms with Gasteiger partial charge in [0, 0.05) is 11.3 Å². The molecule has 8 nitrogen and oxygen atoms in total. The second kappa shape index (κ2) is 8.51. The van der Waals surface area contributed by atoms with Gasteiger partial charge in [0.2, 0.25) is 5.95 Å². The minimum absolute atomic E-state index is 0.0294. The van der Waals surface area contributed by atoms with Gasteiger partial charge in [0.25, 0.3) is 0 Å². The smallest absolute Gasteiger partial charge is 0.338 e. The summed E-state index contributed by atoms with van der Waals surface area (Å²) in [6, 6.07) is 14.0. The molecule has 160 valence electrons. The number of hydrogen-bond donors (Lipinski definition) is 2. The molecule has 1 aliphatic rings. The van der Waals surface area contributed by atoms with E-state index in [0.717, 1.165) is 11.1 Å². The van der Waals surface area contributed by atoms with Crippen LogP contribution in [-0.2, 0) is 9.53 Å². The van der Waals surface area contributed by atoms with Crippen molar-refractivity contribution in [2.75, 3.05) is 18.5 Å². The summed E-state index contributed by atoms with van der Waals surface area (Å²) in [4.78, 5) is 17.5. The normalized spacial score (nSPS) is 15.3. The number of anilines is 1. The van der Waals surface area contributed by atoms with E-state index in [1.54, 1.807) is 29.8 Å². The van der Waals surface area contributed by atoms with Gasteiger partial charge in [-0.3, -0.25) is 0 Å². The molecule has 0 spiro atoms. The summed E-state index contributed by atoms with van der Waals surface area (Å²) < 4.78 is 12.6. The molecule has 2 heterocycles. The molecule has 31 heavy (non-hydrogen) atoms. The van der Waals surface area contributed by atoms with Gasteiger partial charge >= 0.3 is 5.97 Å². The summed E-state index contributed by atoms with van der Waals surface area (Å²) in [5.41, 5.74) is 2.64. The van der Waals surface area contributed by atoms with Crippen molar-refractivity contribution in [3.63, 3.8) is 0 Å². The molecule has 8 heteroatoms. The maximum absolute atomic E-state index is 12.9. The number of nitrogens with one attached hydrogen (secondary N) is 1. The Kier molecular flexibility index (Phi) is 5.62. The summed E-state index contributed by atoms with van der Waals surface area (Å²) in [5.74, 6) is 0.979. The quantitative estimate of drug-likeness (QED) is 0.584. The van der Waals surface area contributed by atoms with Gasteiger partial charge in [-0.25, -0.2) is 9.48 Å². The van der Waals surface area contributed by atoms with Crippen LogP contribution in [0.15, 0.2) is 59.8 Å². The molecule has 0 aliphatic carbocycles. The largest absolute Gasteiger partial charge is 0.504 e. The molecule has 4 rings (SSSR count). The number of ether oxygens (including phenoxy) is 2. The average molecular weight is 420 g/mol. The molecule has 1 atom stereocenters. The Morgan fingerprint density at radius 2 is 1.94 bits per heavy atom. The Labute approximate surface area is 180 Å². The number of carbonyl (C=O) groups is 1. The van der Waals surface area contributed by atoms with Crippen LogP contribution < -0.4 is 10.1 Å². The van der Waals surface area contributed by atoms with E-state index in [4.69, 9.17) is 14.6 Å². The van der Waals surface area contributed by atoms with E-state index in [0.29, 0.717) is 35.4 Å². The fraction of sp³-hybridized carbons (Fsp3) is 0.261. The van der Waals surface area contributed by atoms with Crippen LogP contribution in [0.5, 0.6) is 11.5 Å². The van der Waals surface area contributed by atoms with Gasteiger partial charge < -0.3 is 19.9 Å². The predicted octanol–water partition coefficient (Wildman–Crippen LogP) is 3.90. The first-order valence-electron chi connectivity index (χ1n) is 10.2. The fourth-order valence-electron chi connectivity index (χ4n) is 3.61. The number of hydrogen-bond acceptors (Lipinski definition) is 7. The number of aromatic hydroxyl groups is 1. The van der Waals surface area contributed by atoms with Gasteiger partial charge in [-0.15, -0.1) is 5.10 Å². The molecule has 0 amide bonds. The third-order valence-corrected chi connectivity index (χ3v) is 4.98. The summed E-state index contributed by atoms with van der Waals surface area (Å²) in [7, 11) is 0. The van der Waals surface area contributed by atoms with Crippen molar-refractivity contribution >= 4 is 11.9 Å². The molecule has 2 aromatic carbocycles. The number of nitrogens with zero attached hydrogens (tertiary/aromatic N) is 3. The lowest BCUT2D eigenvalue weighted by Crippen LogP contribution is -2.29. The molecular formula is C23H24N4O4. The van der Waals surface area contributed by atoms with Crippen LogP contribution in [0.25, 0.3) is 11.4 Å². The van der Waals surface area contributed by atoms with Crippen LogP contribution >= 0.6 is 0 Å². The standard InChI is InChI=1S/C23H24N4O4/c1-4-30-18-13-16(11-12-17(18)28)20-19(22(29)31-5-2)14(3)24-23-25-21(26-27(20)23)15-9-7-6-8-10-15/h6-13,20,28H,4-5H2,1-3H3,(H,24,25,26). The Hall–Kier alpha value is -3.81. The first-order chi connectivity index (χ1) is 15.0. The molecule has 0 saturated carbocycles. The third-order valence-electron chi connectivity index (χ3n) is 4.98. The van der Waals surface area contributed by atoms with Gasteiger partial charge in [0.15, 0.2) is 17.3 Å². The number of phenolic OH excluding ortho intramolecular Hbond substituents is 1. The highest BCUT2D eigenvalue weighted by molar-refractivity contribution is 5.92. The van der Waals surface area contributed by atoms with Gasteiger partial charge in [0.05, 0.1) is 18.8 Å². The lowest BCUT2D eigenvalue weighted by atomic mass is 9.95. The summed E-state index contributed by atoms with van der Waals surface area (Å²) in [5, 5.41) is 18.0. The second-order valence-corrected chi connectivity index (χ2v) is 7.02. The van der Waals surface area contributed by atoms with Crippen molar-refractivity contribution in [2.45, 2.75) is 26.8 Å². The first kappa shape index (κ1) is 20.5. The second-order valence-electron chi connectivity index (χ2n) is 7.02. The zero-order chi connectivity index (χ0) is 22.0. The van der Waals surface area contributed by atoms with Crippen molar-refractivity contribution in [3.8, 4) is 22.9 Å². The van der Waals surface area contributed by atoms with E-state index in [1.807, 2.05) is 44.2 Å². The van der Waals surface area contributed by atoms with Crippen molar-refractivity contribution in [1.29, 1.82) is 0 Å². The maximum Gasteiger partial charge on any atom is 0.338 e. The van der Waals surface area contributed by atoms with Crippen LogP contribution in [0.3, 0.4) is 0 Å². The highest BCUT2D eigenvalue weighted by Gasteiger charge is 2.35. The molecule has 3 aromatic rings. The SMILES string of the molecule is CCOC(=O)C1=C(C)Nc2nc(-c3ccccc3)nn2C1c1ccc(O)c(OCC)c1. The van der Waals surface area contributed by atoms with E-state index in [-0.39, 0.29) is 12.4 Å². The number of aromatic nitrogens is 3. The fourth-order valence-corrected chi connectivity index (χ4v) is 3.61. The predicted molar refractivity (Wildman–Crippen MR) is 116 cm³/mol. The van der Waals surface area contributed by atoms with E-state index < -0.39 is 12.0 Å². The summed E-state index contributed by atoms with van der Waals surface area (Å²) in [6.45, 7) is 6.06. The van der Waals surface area contributed by atoms with E-state index in [2.05, 4.69) is 10.3 Å². The summed E-state index contributed by atoms with van der Waals surface area (Å²) in [6.07, 6.45) is 0. The topological polar surface area (TPSA) is 98.5 Å². The van der Waals surface area contributed by atoms with Crippen LogP contribution in [-0.4, -0.2) is 39.1 Å². The average Bonchev–Trinajstić information content (AvgIpc) is 3.19. The van der Waals surface area contributed by atoms with E-state index in [1.165, 1.54) is 0 Å². The molecule has 2 N–H and O–H groups in total. The summed E-state index contributed by atoms with van der Waals surface area (Å²) >= 11 is 0. The Morgan fingerprint density at radius 3 is 2.65 bits per heavy atom. The molecule has 0 bridgehead atoms. The number of phenols is 1. The van der Waals surface area contributed by atoms with Crippen molar-refractivity contribution < 1.29 is 19.4 Å². The minimum atomic E-state index is -0.597. The molecule has 0 fully saturated rings. The molecule has 0 saturated heterocycles. The number of esters is 1. The van der Waals surface area contributed by atoms with Crippen LogP contribution in [0.4, 0.5) is 5.95 Å². The number of benzene rings is 2. The van der Waals surface area contributed by atoms with Crippen LogP contribution in [0.1, 0.15) is 32.4 Å². The van der Waals surface area contributed by atoms with Gasteiger partial charge in [-0.1, -0.05) is 36.4 Å². The Morgan fingerprint density at radius 1 is 1.16 bits per heavy atom. The number of allylic oxidation sites excluding steroid dienone is 1. The highest BCUT2D eigenvalue weighted by Crippen LogP contribution is 2.39. The first-order valence-corrected chi connectivity index (χ1v) is 10.2. The van der Waals surface area contributed by atoms with Crippen molar-refractivity contribution in [3.05, 3.63) is 65.4 Å². The number of fused-ring (bicyclic) bond motifs is 1. The van der Waals surface area contributed by atoms with Crippen molar-refractivity contribution in [2.24, 2.45) is 0 Å². The zero-order valence-corrected chi connectivity index (χ0v) is 17.6. The van der Waals surface area contributed by atoms with Gasteiger partial charge in [-0.2, -0.15) is 4.98 Å². The lowest BCUT2D eigenvalue weighted by Gasteiger charge is -2.28. The van der Waals surface area contributed by atoms with Crippen molar-refractivity contribution in [1.82, 2.24) is 14.8 Å². The Balaban J connectivity index is 1.87. The molecule has 1 aliphatic heterocycles. The van der Waals surface area contributed by atoms with E-state index >= 15 is 0 Å². The molecule has 0 radical (unpaired) electrons. The molecular weight excluding hydrogens is 396 g/mol. The number of rotatable bonds is 6. The molecule has 1 unspecified atom stereocenters. The number of carbonyl (C=O) groups excluding carboxylic acids is 1. The monoisotopic (exact) mass is 420 g/mol. The molecule has 1 aromatic heterocycles. The van der Waals surface area contributed by atoms with Crippen LogP contribution in [0.2, 0.25) is 0 Å². The third kappa shape index (κ3) is 3.84. The lowest BCUT2D eigenvalue weighted by molar-refractivity contribution is -0.139. The van der Waals surface area contributed by atoms with Gasteiger partial charge in [-0.05, 0) is 38.5 Å².